The highest BCUT2D eigenvalue weighted by atomic mass is 19.4. The van der Waals surface area contributed by atoms with Crippen LogP contribution >= 0.6 is 0 Å². The highest BCUT2D eigenvalue weighted by Gasteiger charge is 2.29. The van der Waals surface area contributed by atoms with E-state index in [9.17, 15) is 13.2 Å². The Hall–Kier alpha value is -1.07. The number of halogens is 3. The minimum absolute atomic E-state index is 0.393. The van der Waals surface area contributed by atoms with Crippen LogP contribution in [0.4, 0.5) is 13.2 Å². The molecule has 0 amide bonds. The van der Waals surface area contributed by atoms with E-state index in [-0.39, 0.29) is 0 Å². The number of likely N-dealkylation sites (N-methyl/N-ethyl adjacent to an activating group) is 1. The van der Waals surface area contributed by atoms with Crippen molar-refractivity contribution in [1.82, 2.24) is 4.90 Å². The van der Waals surface area contributed by atoms with Crippen molar-refractivity contribution in [1.29, 1.82) is 0 Å². The van der Waals surface area contributed by atoms with Gasteiger partial charge in [-0.3, -0.25) is 4.90 Å². The Balaban J connectivity index is 2.57. The number of nitrogens with zero attached hydrogens (tertiary/aromatic N) is 1. The van der Waals surface area contributed by atoms with Gasteiger partial charge in [-0.2, -0.15) is 13.2 Å². The lowest BCUT2D eigenvalue weighted by Gasteiger charge is -2.22. The number of benzene rings is 1. The average Bonchev–Trinajstić information content (AvgIpc) is 2.33. The summed E-state index contributed by atoms with van der Waals surface area (Å²) in [5.74, 6) is 0. The number of nitrogens with two attached hydrogens (primary N) is 1. The fourth-order valence-corrected chi connectivity index (χ4v) is 1.88. The summed E-state index contributed by atoms with van der Waals surface area (Å²) in [4.78, 5) is 1.40. The maximum absolute atomic E-state index is 12.3. The molecular formula is C13H19F3N2. The normalized spacial score (nSPS) is 12.1. The molecule has 0 fully saturated rings. The zero-order chi connectivity index (χ0) is 13.6. The van der Waals surface area contributed by atoms with Crippen LogP contribution < -0.4 is 5.73 Å². The molecule has 0 aliphatic rings. The molecule has 1 aromatic rings. The summed E-state index contributed by atoms with van der Waals surface area (Å²) in [5, 5.41) is 0. The fourth-order valence-electron chi connectivity index (χ4n) is 1.88. The molecule has 2 nitrogen and oxygen atoms in total. The van der Waals surface area contributed by atoms with Crippen molar-refractivity contribution < 1.29 is 13.2 Å². The Morgan fingerprint density at radius 3 is 2.28 bits per heavy atom. The standard InChI is InChI=1S/C13H19F3N2/c1-2-18(10-13(14,15)16)8-7-11-5-3-4-6-12(11)9-17/h3-6H,2,7-10,17H2,1H3. The van der Waals surface area contributed by atoms with Crippen LogP contribution in [0.1, 0.15) is 18.1 Å². The summed E-state index contributed by atoms with van der Waals surface area (Å²) >= 11 is 0. The summed E-state index contributed by atoms with van der Waals surface area (Å²) in [6, 6.07) is 7.60. The van der Waals surface area contributed by atoms with E-state index >= 15 is 0 Å². The van der Waals surface area contributed by atoms with E-state index in [1.54, 1.807) is 6.92 Å². The van der Waals surface area contributed by atoms with Gasteiger partial charge in [0.25, 0.3) is 0 Å². The summed E-state index contributed by atoms with van der Waals surface area (Å²) < 4.78 is 36.9. The lowest BCUT2D eigenvalue weighted by molar-refractivity contribution is -0.145. The first-order valence-corrected chi connectivity index (χ1v) is 6.02. The van der Waals surface area contributed by atoms with E-state index in [1.165, 1.54) is 4.90 Å². The highest BCUT2D eigenvalue weighted by molar-refractivity contribution is 5.27. The number of alkyl halides is 3. The predicted octanol–water partition coefficient (Wildman–Crippen LogP) is 2.57. The lowest BCUT2D eigenvalue weighted by Crippen LogP contribution is -2.35. The third-order valence-corrected chi connectivity index (χ3v) is 2.89. The molecule has 1 rings (SSSR count). The second-order valence-corrected chi connectivity index (χ2v) is 4.21. The lowest BCUT2D eigenvalue weighted by atomic mass is 10.0. The zero-order valence-corrected chi connectivity index (χ0v) is 10.5. The van der Waals surface area contributed by atoms with Gasteiger partial charge in [0.2, 0.25) is 0 Å². The van der Waals surface area contributed by atoms with Crippen LogP contribution in [-0.2, 0) is 13.0 Å². The molecule has 0 unspecified atom stereocenters. The molecule has 0 aliphatic heterocycles. The van der Waals surface area contributed by atoms with Gasteiger partial charge in [-0.05, 0) is 24.1 Å². The molecule has 1 aromatic carbocycles. The second-order valence-electron chi connectivity index (χ2n) is 4.21. The van der Waals surface area contributed by atoms with Gasteiger partial charge < -0.3 is 5.73 Å². The van der Waals surface area contributed by atoms with Crippen molar-refractivity contribution in [2.45, 2.75) is 26.1 Å². The Morgan fingerprint density at radius 2 is 1.78 bits per heavy atom. The molecule has 5 heteroatoms. The van der Waals surface area contributed by atoms with Crippen LogP contribution in [0.5, 0.6) is 0 Å². The van der Waals surface area contributed by atoms with Crippen molar-refractivity contribution in [3.8, 4) is 0 Å². The van der Waals surface area contributed by atoms with E-state index in [0.29, 0.717) is 26.1 Å². The molecule has 0 aliphatic carbocycles. The molecule has 0 atom stereocenters. The minimum Gasteiger partial charge on any atom is -0.326 e. The summed E-state index contributed by atoms with van der Waals surface area (Å²) in [5.41, 5.74) is 7.63. The van der Waals surface area contributed by atoms with E-state index in [0.717, 1.165) is 11.1 Å². The topological polar surface area (TPSA) is 29.3 Å². The maximum Gasteiger partial charge on any atom is 0.401 e. The van der Waals surface area contributed by atoms with Crippen molar-refractivity contribution >= 4 is 0 Å². The first-order valence-electron chi connectivity index (χ1n) is 6.02. The van der Waals surface area contributed by atoms with Gasteiger partial charge in [-0.15, -0.1) is 0 Å². The Labute approximate surface area is 106 Å². The van der Waals surface area contributed by atoms with Crippen LogP contribution in [0.25, 0.3) is 0 Å². The summed E-state index contributed by atoms with van der Waals surface area (Å²) in [6.45, 7) is 2.09. The van der Waals surface area contributed by atoms with Gasteiger partial charge in [0.1, 0.15) is 0 Å². The maximum atomic E-state index is 12.3. The molecule has 0 radical (unpaired) electrons. The van der Waals surface area contributed by atoms with Gasteiger partial charge in [-0.25, -0.2) is 0 Å². The highest BCUT2D eigenvalue weighted by Crippen LogP contribution is 2.17. The van der Waals surface area contributed by atoms with Crippen molar-refractivity contribution in [3.05, 3.63) is 35.4 Å². The Bertz CT molecular complexity index is 363. The minimum atomic E-state index is -4.14. The fraction of sp³-hybridized carbons (Fsp3) is 0.538. The molecule has 0 aromatic heterocycles. The molecule has 0 bridgehead atoms. The molecule has 102 valence electrons. The predicted molar refractivity (Wildman–Crippen MR) is 66.2 cm³/mol. The molecule has 18 heavy (non-hydrogen) atoms. The first-order chi connectivity index (χ1) is 8.46. The molecule has 0 saturated carbocycles. The number of hydrogen-bond acceptors (Lipinski definition) is 2. The zero-order valence-electron chi connectivity index (χ0n) is 10.5. The van der Waals surface area contributed by atoms with Crippen molar-refractivity contribution in [2.75, 3.05) is 19.6 Å². The van der Waals surface area contributed by atoms with E-state index in [1.807, 2.05) is 24.3 Å². The molecule has 0 saturated heterocycles. The van der Waals surface area contributed by atoms with Gasteiger partial charge in [-0.1, -0.05) is 31.2 Å². The van der Waals surface area contributed by atoms with Gasteiger partial charge in [0, 0.05) is 13.1 Å². The molecular weight excluding hydrogens is 241 g/mol. The average molecular weight is 260 g/mol. The van der Waals surface area contributed by atoms with Gasteiger partial charge in [0.15, 0.2) is 0 Å². The van der Waals surface area contributed by atoms with E-state index < -0.39 is 12.7 Å². The third kappa shape index (κ3) is 5.06. The van der Waals surface area contributed by atoms with Crippen molar-refractivity contribution in [3.63, 3.8) is 0 Å². The van der Waals surface area contributed by atoms with Crippen LogP contribution in [-0.4, -0.2) is 30.7 Å². The smallest absolute Gasteiger partial charge is 0.326 e. The van der Waals surface area contributed by atoms with Crippen molar-refractivity contribution in [2.24, 2.45) is 5.73 Å². The first kappa shape index (κ1) is 15.0. The second kappa shape index (κ2) is 6.75. The van der Waals surface area contributed by atoms with Crippen LogP contribution in [0, 0.1) is 0 Å². The third-order valence-electron chi connectivity index (χ3n) is 2.89. The summed E-state index contributed by atoms with van der Waals surface area (Å²) in [6.07, 6.45) is -3.54. The monoisotopic (exact) mass is 260 g/mol. The van der Waals surface area contributed by atoms with E-state index in [2.05, 4.69) is 0 Å². The molecule has 2 N–H and O–H groups in total. The largest absolute Gasteiger partial charge is 0.401 e. The molecule has 0 spiro atoms. The number of rotatable bonds is 6. The Kier molecular flexibility index (Phi) is 5.62. The Morgan fingerprint density at radius 1 is 1.17 bits per heavy atom. The quantitative estimate of drug-likeness (QED) is 0.851. The summed E-state index contributed by atoms with van der Waals surface area (Å²) in [7, 11) is 0. The van der Waals surface area contributed by atoms with Gasteiger partial charge >= 0.3 is 6.18 Å². The molecule has 0 heterocycles. The van der Waals surface area contributed by atoms with Crippen LogP contribution in [0.3, 0.4) is 0 Å². The van der Waals surface area contributed by atoms with E-state index in [4.69, 9.17) is 5.73 Å². The van der Waals surface area contributed by atoms with Crippen LogP contribution in [0.2, 0.25) is 0 Å². The van der Waals surface area contributed by atoms with Gasteiger partial charge in [0.05, 0.1) is 6.54 Å². The SMILES string of the molecule is CCN(CCc1ccccc1CN)CC(F)(F)F. The number of hydrogen-bond donors (Lipinski definition) is 1. The van der Waals surface area contributed by atoms with Crippen LogP contribution in [0.15, 0.2) is 24.3 Å².